The zero-order valence-corrected chi connectivity index (χ0v) is 9.17. The number of carbonyl (C=O) groups excluding carboxylic acids is 2. The van der Waals surface area contributed by atoms with Gasteiger partial charge in [-0.1, -0.05) is 12.2 Å². The summed E-state index contributed by atoms with van der Waals surface area (Å²) in [5.74, 6) is -3.03. The van der Waals surface area contributed by atoms with Crippen LogP contribution in [0.3, 0.4) is 0 Å². The van der Waals surface area contributed by atoms with Gasteiger partial charge in [0.15, 0.2) is 0 Å². The van der Waals surface area contributed by atoms with Crippen molar-refractivity contribution in [3.63, 3.8) is 0 Å². The number of fused-ring (bicyclic) bond motifs is 2. The lowest BCUT2D eigenvalue weighted by molar-refractivity contribution is -0.313. The molecule has 2 heterocycles. The van der Waals surface area contributed by atoms with Gasteiger partial charge >= 0.3 is 0 Å². The molecule has 5 nitrogen and oxygen atoms in total. The second kappa shape index (κ2) is 3.90. The maximum Gasteiger partial charge on any atom is 0.227 e. The number of hydrogen-bond acceptors (Lipinski definition) is 4. The Kier molecular flexibility index (Phi) is 2.71. The summed E-state index contributed by atoms with van der Waals surface area (Å²) in [5.41, 5.74) is 0. The summed E-state index contributed by atoms with van der Waals surface area (Å²) in [6.07, 6.45) is 2.49. The number of carboxylic acids is 1. The van der Waals surface area contributed by atoms with E-state index in [1.165, 1.54) is 0 Å². The van der Waals surface area contributed by atoms with E-state index in [0.717, 1.165) is 0 Å². The number of ether oxygens (including phenoxy) is 1. The van der Waals surface area contributed by atoms with Gasteiger partial charge < -0.3 is 20.0 Å². The van der Waals surface area contributed by atoms with Gasteiger partial charge in [-0.25, -0.2) is 0 Å². The Morgan fingerprint density at radius 1 is 1.25 bits per heavy atom. The van der Waals surface area contributed by atoms with Gasteiger partial charge in [-0.2, -0.15) is 0 Å². The largest absolute Gasteiger partial charge is 0.550 e. The van der Waals surface area contributed by atoms with Crippen molar-refractivity contribution in [3.8, 4) is 0 Å². The molecule has 1 fully saturated rings. The molecular weight excluding hydrogens is 210 g/mol. The Morgan fingerprint density at radius 2 is 1.81 bits per heavy atom. The van der Waals surface area contributed by atoms with E-state index in [-0.39, 0.29) is 11.9 Å². The highest BCUT2D eigenvalue weighted by Gasteiger charge is 2.50. The second-order valence-electron chi connectivity index (χ2n) is 4.48. The lowest BCUT2D eigenvalue weighted by Gasteiger charge is -2.25. The van der Waals surface area contributed by atoms with Gasteiger partial charge in [0, 0.05) is 17.9 Å². The first-order chi connectivity index (χ1) is 7.50. The normalized spacial score (nSPS) is 35.7. The van der Waals surface area contributed by atoms with Crippen LogP contribution in [-0.2, 0) is 14.3 Å². The molecule has 0 saturated carbocycles. The summed E-state index contributed by atoms with van der Waals surface area (Å²) in [4.78, 5) is 22.8. The molecule has 88 valence electrons. The van der Waals surface area contributed by atoms with Crippen molar-refractivity contribution >= 4 is 11.9 Å². The van der Waals surface area contributed by atoms with E-state index in [4.69, 9.17) is 4.74 Å². The Labute approximate surface area is 93.5 Å². The third-order valence-corrected chi connectivity index (χ3v) is 2.91. The Bertz CT molecular complexity index is 350. The first-order valence-corrected chi connectivity index (χ1v) is 5.35. The molecule has 0 aromatic rings. The van der Waals surface area contributed by atoms with E-state index in [2.05, 4.69) is 5.32 Å². The molecule has 0 aromatic heterocycles. The average molecular weight is 224 g/mol. The van der Waals surface area contributed by atoms with Crippen molar-refractivity contribution < 1.29 is 19.4 Å². The average Bonchev–Trinajstić information content (AvgIpc) is 2.74. The van der Waals surface area contributed by atoms with E-state index in [9.17, 15) is 14.7 Å². The number of hydrogen-bond donors (Lipinski definition) is 1. The van der Waals surface area contributed by atoms with E-state index in [1.807, 2.05) is 13.8 Å². The highest BCUT2D eigenvalue weighted by atomic mass is 16.5. The summed E-state index contributed by atoms with van der Waals surface area (Å²) in [6.45, 7) is 3.66. The third kappa shape index (κ3) is 1.71. The molecule has 0 aliphatic carbocycles. The molecule has 2 aliphatic rings. The van der Waals surface area contributed by atoms with E-state index in [1.54, 1.807) is 12.2 Å². The van der Waals surface area contributed by atoms with Crippen LogP contribution in [0.15, 0.2) is 12.2 Å². The number of carboxylic acid groups (broad SMARTS) is 1. The zero-order valence-electron chi connectivity index (χ0n) is 9.17. The van der Waals surface area contributed by atoms with Gasteiger partial charge in [-0.05, 0) is 13.8 Å². The molecule has 2 bridgehead atoms. The van der Waals surface area contributed by atoms with Crippen LogP contribution in [0.2, 0.25) is 0 Å². The molecule has 2 aliphatic heterocycles. The summed E-state index contributed by atoms with van der Waals surface area (Å²) in [5, 5.41) is 13.7. The maximum absolute atomic E-state index is 11.8. The molecule has 1 saturated heterocycles. The number of amides is 1. The van der Waals surface area contributed by atoms with Gasteiger partial charge in [-0.3, -0.25) is 4.79 Å². The van der Waals surface area contributed by atoms with Crippen molar-refractivity contribution in [3.05, 3.63) is 12.2 Å². The molecule has 1 N–H and O–H groups in total. The van der Waals surface area contributed by atoms with Crippen LogP contribution >= 0.6 is 0 Å². The Hall–Kier alpha value is -1.36. The van der Waals surface area contributed by atoms with Crippen molar-refractivity contribution in [1.29, 1.82) is 0 Å². The first kappa shape index (κ1) is 11.1. The Morgan fingerprint density at radius 3 is 2.31 bits per heavy atom. The predicted molar refractivity (Wildman–Crippen MR) is 53.1 cm³/mol. The molecular formula is C11H14NO4-. The zero-order chi connectivity index (χ0) is 11.9. The molecule has 16 heavy (non-hydrogen) atoms. The van der Waals surface area contributed by atoms with Crippen molar-refractivity contribution in [1.82, 2.24) is 5.32 Å². The Balaban J connectivity index is 2.16. The fourth-order valence-electron chi connectivity index (χ4n) is 2.28. The van der Waals surface area contributed by atoms with Gasteiger partial charge in [-0.15, -0.1) is 0 Å². The molecule has 0 spiro atoms. The quantitative estimate of drug-likeness (QED) is 0.613. The third-order valence-electron chi connectivity index (χ3n) is 2.91. The number of nitrogens with one attached hydrogen (secondary N) is 1. The summed E-state index contributed by atoms with van der Waals surface area (Å²) in [7, 11) is 0. The molecule has 2 rings (SSSR count). The van der Waals surface area contributed by atoms with Crippen molar-refractivity contribution in [2.45, 2.75) is 32.1 Å². The van der Waals surface area contributed by atoms with Gasteiger partial charge in [0.1, 0.15) is 0 Å². The van der Waals surface area contributed by atoms with Crippen LogP contribution in [0, 0.1) is 11.8 Å². The monoisotopic (exact) mass is 224 g/mol. The highest BCUT2D eigenvalue weighted by Crippen LogP contribution is 2.38. The number of rotatable bonds is 3. The van der Waals surface area contributed by atoms with Crippen LogP contribution in [0.4, 0.5) is 0 Å². The summed E-state index contributed by atoms with van der Waals surface area (Å²) >= 11 is 0. The van der Waals surface area contributed by atoms with Crippen LogP contribution in [-0.4, -0.2) is 30.1 Å². The van der Waals surface area contributed by atoms with Crippen LogP contribution < -0.4 is 10.4 Å². The molecule has 5 heteroatoms. The minimum atomic E-state index is -1.22. The molecule has 0 unspecified atom stereocenters. The minimum Gasteiger partial charge on any atom is -0.550 e. The van der Waals surface area contributed by atoms with E-state index < -0.39 is 30.0 Å². The molecule has 0 radical (unpaired) electrons. The fraction of sp³-hybridized carbons (Fsp3) is 0.636. The lowest BCUT2D eigenvalue weighted by Crippen LogP contribution is -2.48. The fourth-order valence-corrected chi connectivity index (χ4v) is 2.28. The van der Waals surface area contributed by atoms with Crippen molar-refractivity contribution in [2.24, 2.45) is 11.8 Å². The molecule has 4 atom stereocenters. The summed E-state index contributed by atoms with van der Waals surface area (Å²) < 4.78 is 5.37. The lowest BCUT2D eigenvalue weighted by atomic mass is 9.82. The molecule has 0 aromatic carbocycles. The summed E-state index contributed by atoms with van der Waals surface area (Å²) in [6, 6.07) is -0.0157. The molecule has 1 amide bonds. The van der Waals surface area contributed by atoms with Gasteiger partial charge in [0.05, 0.1) is 18.1 Å². The standard InChI is InChI=1S/C11H15NO4/c1-5(2)12-10(13)8-6-3-4-7(16-6)9(8)11(14)15/h3-9H,1-2H3,(H,12,13)(H,14,15)/p-1/t6-,7+,8+,9-/m0/s1. The minimum absolute atomic E-state index is 0.0157. The van der Waals surface area contributed by atoms with Crippen LogP contribution in [0.1, 0.15) is 13.8 Å². The SMILES string of the molecule is CC(C)NC(=O)[C@H]1[C@@H](C(=O)[O-])[C@H]2C=C[C@@H]1O2. The van der Waals surface area contributed by atoms with Gasteiger partial charge in [0.25, 0.3) is 0 Å². The van der Waals surface area contributed by atoms with Gasteiger partial charge in [0.2, 0.25) is 5.91 Å². The van der Waals surface area contributed by atoms with Crippen LogP contribution in [0.5, 0.6) is 0 Å². The predicted octanol–water partition coefficient (Wildman–Crippen LogP) is -1.17. The number of carbonyl (C=O) groups is 2. The second-order valence-corrected chi connectivity index (χ2v) is 4.48. The van der Waals surface area contributed by atoms with Crippen LogP contribution in [0.25, 0.3) is 0 Å². The smallest absolute Gasteiger partial charge is 0.227 e. The highest BCUT2D eigenvalue weighted by molar-refractivity contribution is 5.86. The first-order valence-electron chi connectivity index (χ1n) is 5.35. The maximum atomic E-state index is 11.8. The van der Waals surface area contributed by atoms with E-state index >= 15 is 0 Å². The number of aliphatic carboxylic acids is 1. The van der Waals surface area contributed by atoms with Crippen molar-refractivity contribution in [2.75, 3.05) is 0 Å². The topological polar surface area (TPSA) is 78.5 Å². The van der Waals surface area contributed by atoms with E-state index in [0.29, 0.717) is 0 Å².